The lowest BCUT2D eigenvalue weighted by atomic mass is 10.1. The second kappa shape index (κ2) is 8.40. The average molecular weight is 537 g/mol. The third-order valence-electron chi connectivity index (χ3n) is 6.59. The molecular weight excluding hydrogens is 517 g/mol. The maximum atomic E-state index is 13.6. The molecule has 5 aromatic rings. The van der Waals surface area contributed by atoms with Crippen LogP contribution in [0.25, 0.3) is 39.6 Å². The molecule has 7 rings (SSSR count). The van der Waals surface area contributed by atoms with Crippen LogP contribution in [0.4, 0.5) is 0 Å². The highest BCUT2D eigenvalue weighted by atomic mass is 32.5. The Kier molecular flexibility index (Phi) is 5.21. The minimum atomic E-state index is -3.49. The zero-order chi connectivity index (χ0) is 25.3. The zero-order valence-electron chi connectivity index (χ0n) is 19.0. The fourth-order valence-corrected chi connectivity index (χ4v) is 6.32. The largest absolute Gasteiger partial charge is 0.386 e. The topological polar surface area (TPSA) is 136 Å². The van der Waals surface area contributed by atoms with Crippen LogP contribution in [0.2, 0.25) is 0 Å². The number of benzene rings is 2. The molecule has 37 heavy (non-hydrogen) atoms. The van der Waals surface area contributed by atoms with Crippen LogP contribution >= 0.6 is 6.72 Å². The predicted molar refractivity (Wildman–Crippen MR) is 137 cm³/mol. The Morgan fingerprint density at radius 1 is 1.05 bits per heavy atom. The summed E-state index contributed by atoms with van der Waals surface area (Å²) >= 11 is 4.98. The molecule has 3 aromatic heterocycles. The molecule has 2 aliphatic heterocycles. The van der Waals surface area contributed by atoms with Gasteiger partial charge in [0.2, 0.25) is 5.78 Å². The van der Waals surface area contributed by atoms with E-state index in [1.165, 1.54) is 4.40 Å². The van der Waals surface area contributed by atoms with Crippen molar-refractivity contribution in [2.75, 3.05) is 6.61 Å². The third-order valence-corrected chi connectivity index (χ3v) is 8.15. The Labute approximate surface area is 214 Å². The minimum Gasteiger partial charge on any atom is -0.386 e. The number of H-pyrrole nitrogens is 1. The van der Waals surface area contributed by atoms with Crippen molar-refractivity contribution in [1.29, 1.82) is 0 Å². The standard InChI is InChI=1S/C24H20N5O6PS/c30-18-19-16(12-33-36(32,37)35-19)34-23(18)29-20(14-9-5-2-6-10-14)26-17-21(29)27-24-25-15(11-28(24)22(17)31)13-7-3-1-4-8-13/h1-11,16,18-19,23,30H,12H2,(H,25,27)(H,32,37)/t16?,18?,19-,23-,36?/m1/s1. The first-order valence-corrected chi connectivity index (χ1v) is 14.1. The van der Waals surface area contributed by atoms with E-state index in [0.717, 1.165) is 11.3 Å². The van der Waals surface area contributed by atoms with Crippen LogP contribution in [0, 0.1) is 0 Å². The summed E-state index contributed by atoms with van der Waals surface area (Å²) in [7, 11) is 0. The number of hydrogen-bond acceptors (Lipinski definition) is 8. The maximum Gasteiger partial charge on any atom is 0.325 e. The fraction of sp³-hybridized carbons (Fsp3) is 0.208. The number of imidazole rings is 2. The van der Waals surface area contributed by atoms with Crippen molar-refractivity contribution in [3.63, 3.8) is 0 Å². The summed E-state index contributed by atoms with van der Waals surface area (Å²) in [5.74, 6) is 0.705. The van der Waals surface area contributed by atoms with E-state index < -0.39 is 31.3 Å². The predicted octanol–water partition coefficient (Wildman–Crippen LogP) is 2.60. The Morgan fingerprint density at radius 2 is 1.76 bits per heavy atom. The van der Waals surface area contributed by atoms with Crippen molar-refractivity contribution in [3.8, 4) is 22.6 Å². The van der Waals surface area contributed by atoms with Gasteiger partial charge in [-0.2, -0.15) is 4.98 Å². The van der Waals surface area contributed by atoms with Gasteiger partial charge in [0.15, 0.2) is 17.4 Å². The molecule has 5 heterocycles. The summed E-state index contributed by atoms with van der Waals surface area (Å²) in [6, 6.07) is 18.8. The highest BCUT2D eigenvalue weighted by Crippen LogP contribution is 2.53. The van der Waals surface area contributed by atoms with E-state index in [0.29, 0.717) is 17.2 Å². The van der Waals surface area contributed by atoms with Crippen molar-refractivity contribution in [1.82, 2.24) is 23.9 Å². The van der Waals surface area contributed by atoms with Gasteiger partial charge in [0.1, 0.15) is 24.1 Å². The molecule has 0 amide bonds. The van der Waals surface area contributed by atoms with Crippen LogP contribution in [0.5, 0.6) is 0 Å². The van der Waals surface area contributed by atoms with Gasteiger partial charge in [-0.05, 0) is 17.4 Å². The molecule has 0 radical (unpaired) electrons. The highest BCUT2D eigenvalue weighted by Gasteiger charge is 2.52. The number of rotatable bonds is 3. The normalized spacial score (nSPS) is 27.6. The van der Waals surface area contributed by atoms with Gasteiger partial charge >= 0.3 is 6.72 Å². The quantitative estimate of drug-likeness (QED) is 0.297. The molecule has 0 spiro atoms. The van der Waals surface area contributed by atoms with Crippen molar-refractivity contribution >= 4 is 35.5 Å². The molecule has 0 bridgehead atoms. The Balaban J connectivity index is 1.44. The monoisotopic (exact) mass is 537 g/mol. The van der Waals surface area contributed by atoms with Crippen molar-refractivity contribution < 1.29 is 23.8 Å². The van der Waals surface area contributed by atoms with Crippen molar-refractivity contribution in [2.45, 2.75) is 24.5 Å². The number of aromatic nitrogens is 5. The Hall–Kier alpha value is -3.22. The first-order valence-electron chi connectivity index (χ1n) is 11.5. The molecule has 5 atom stereocenters. The Morgan fingerprint density at radius 3 is 2.49 bits per heavy atom. The average Bonchev–Trinajstić information content (AvgIpc) is 3.59. The molecular formula is C24H20N5O6PS. The Bertz CT molecular complexity index is 1750. The summed E-state index contributed by atoms with van der Waals surface area (Å²) in [5.41, 5.74) is 2.30. The van der Waals surface area contributed by atoms with Crippen LogP contribution in [-0.4, -0.2) is 58.8 Å². The van der Waals surface area contributed by atoms with E-state index in [1.807, 2.05) is 60.7 Å². The number of fused-ring (bicyclic) bond motifs is 3. The number of aliphatic hydroxyl groups excluding tert-OH is 1. The van der Waals surface area contributed by atoms with E-state index >= 15 is 0 Å². The smallest absolute Gasteiger partial charge is 0.325 e. The van der Waals surface area contributed by atoms with E-state index in [-0.39, 0.29) is 23.3 Å². The third kappa shape index (κ3) is 3.69. The number of nitrogens with zero attached hydrogens (tertiary/aromatic N) is 4. The molecule has 3 N–H and O–H groups in total. The van der Waals surface area contributed by atoms with Crippen molar-refractivity contribution in [2.24, 2.45) is 0 Å². The first-order chi connectivity index (χ1) is 17.9. The first kappa shape index (κ1) is 22.9. The number of ether oxygens (including phenoxy) is 1. The highest BCUT2D eigenvalue weighted by molar-refractivity contribution is 8.07. The van der Waals surface area contributed by atoms with Crippen LogP contribution in [0.1, 0.15) is 6.23 Å². The summed E-state index contributed by atoms with van der Waals surface area (Å²) in [5, 5.41) is 11.2. The van der Waals surface area contributed by atoms with Gasteiger partial charge in [-0.3, -0.25) is 13.9 Å². The van der Waals surface area contributed by atoms with Gasteiger partial charge < -0.3 is 24.2 Å². The lowest BCUT2D eigenvalue weighted by Gasteiger charge is -2.30. The molecule has 188 valence electrons. The molecule has 13 heteroatoms. The summed E-state index contributed by atoms with van der Waals surface area (Å²) < 4.78 is 19.9. The van der Waals surface area contributed by atoms with Crippen molar-refractivity contribution in [3.05, 3.63) is 77.2 Å². The van der Waals surface area contributed by atoms with Gasteiger partial charge in [0, 0.05) is 11.8 Å². The lowest BCUT2D eigenvalue weighted by molar-refractivity contribution is -0.0587. The summed E-state index contributed by atoms with van der Waals surface area (Å²) in [6.45, 7) is -3.52. The van der Waals surface area contributed by atoms with E-state index in [1.54, 1.807) is 10.8 Å². The maximum absolute atomic E-state index is 13.6. The van der Waals surface area contributed by atoms with Crippen LogP contribution in [0.3, 0.4) is 0 Å². The van der Waals surface area contributed by atoms with Gasteiger partial charge in [-0.25, -0.2) is 9.38 Å². The second-order valence-corrected chi connectivity index (χ2v) is 11.7. The molecule has 0 saturated carbocycles. The summed E-state index contributed by atoms with van der Waals surface area (Å²) in [4.78, 5) is 36.4. The van der Waals surface area contributed by atoms with E-state index in [9.17, 15) is 14.8 Å². The SMILES string of the molecule is O=c1c2nc(-c3ccccc3)n([C@@H]3OC4COP(O)(=S)O[C@H]4C3O)c2nc2[nH]c(-c3ccccc3)cn12. The van der Waals surface area contributed by atoms with E-state index in [2.05, 4.69) is 9.97 Å². The molecule has 2 aromatic carbocycles. The summed E-state index contributed by atoms with van der Waals surface area (Å²) in [6.07, 6.45) is -2.15. The molecule has 2 aliphatic rings. The van der Waals surface area contributed by atoms with Gasteiger partial charge in [0.25, 0.3) is 5.56 Å². The van der Waals surface area contributed by atoms with E-state index in [4.69, 9.17) is 30.6 Å². The number of aromatic amines is 1. The van der Waals surface area contributed by atoms with Gasteiger partial charge in [-0.1, -0.05) is 60.7 Å². The van der Waals surface area contributed by atoms with Gasteiger partial charge in [-0.15, -0.1) is 0 Å². The molecule has 2 fully saturated rings. The molecule has 2 saturated heterocycles. The van der Waals surface area contributed by atoms with Crippen LogP contribution < -0.4 is 5.56 Å². The molecule has 3 unspecified atom stereocenters. The number of nitrogens with one attached hydrogen (secondary N) is 1. The minimum absolute atomic E-state index is 0.0311. The fourth-order valence-electron chi connectivity index (χ4n) is 4.87. The van der Waals surface area contributed by atoms with Gasteiger partial charge in [0.05, 0.1) is 12.3 Å². The molecule has 11 nitrogen and oxygen atoms in total. The van der Waals surface area contributed by atoms with Crippen LogP contribution in [0.15, 0.2) is 71.7 Å². The number of hydrogen-bond donors (Lipinski definition) is 3. The van der Waals surface area contributed by atoms with Crippen LogP contribution in [-0.2, 0) is 25.6 Å². The zero-order valence-corrected chi connectivity index (χ0v) is 20.8. The lowest BCUT2D eigenvalue weighted by Crippen LogP contribution is -2.39. The molecule has 0 aliphatic carbocycles. The number of aliphatic hydroxyl groups is 1. The second-order valence-electron chi connectivity index (χ2n) is 8.88.